The van der Waals surface area contributed by atoms with Crippen molar-refractivity contribution in [3.63, 3.8) is 0 Å². The first-order chi connectivity index (χ1) is 16.0. The standard InChI is InChI=1S/C26H30F3NO4/c1-15-12-21(22(27)23(33-3)16(15)2)20-7-4-18(13-17(20)14-34-19-5-6-19)30-25(24(31)32)8-10-26(28,29)11-9-25/h4,7,12-13,19,30H,5-6,8-11,14H2,1-3H3,(H,31,32). The van der Waals surface area contributed by atoms with Gasteiger partial charge >= 0.3 is 5.97 Å². The number of ether oxygens (including phenoxy) is 2. The Kier molecular flexibility index (Phi) is 6.55. The van der Waals surface area contributed by atoms with Crippen molar-refractivity contribution in [2.45, 2.75) is 76.5 Å². The zero-order valence-corrected chi connectivity index (χ0v) is 19.6. The van der Waals surface area contributed by atoms with Crippen LogP contribution in [0.2, 0.25) is 0 Å². The van der Waals surface area contributed by atoms with Crippen LogP contribution >= 0.6 is 0 Å². The quantitative estimate of drug-likeness (QED) is 0.471. The van der Waals surface area contributed by atoms with E-state index in [9.17, 15) is 18.7 Å². The van der Waals surface area contributed by atoms with Gasteiger partial charge in [0.05, 0.1) is 19.8 Å². The van der Waals surface area contributed by atoms with Crippen molar-refractivity contribution in [3.8, 4) is 16.9 Å². The Balaban J connectivity index is 1.72. The second-order valence-corrected chi connectivity index (χ2v) is 9.46. The van der Waals surface area contributed by atoms with Crippen molar-refractivity contribution in [2.24, 2.45) is 0 Å². The van der Waals surface area contributed by atoms with Crippen LogP contribution < -0.4 is 10.1 Å². The molecule has 4 rings (SSSR count). The lowest BCUT2D eigenvalue weighted by molar-refractivity contribution is -0.146. The van der Waals surface area contributed by atoms with Gasteiger partial charge in [0, 0.05) is 24.1 Å². The van der Waals surface area contributed by atoms with Crippen molar-refractivity contribution in [1.82, 2.24) is 0 Å². The molecule has 0 saturated heterocycles. The van der Waals surface area contributed by atoms with Crippen LogP contribution in [0, 0.1) is 19.7 Å². The van der Waals surface area contributed by atoms with Crippen molar-refractivity contribution in [2.75, 3.05) is 12.4 Å². The average molecular weight is 478 g/mol. The van der Waals surface area contributed by atoms with Crippen LogP contribution in [-0.2, 0) is 16.1 Å². The van der Waals surface area contributed by atoms with Crippen molar-refractivity contribution >= 4 is 11.7 Å². The molecule has 2 aliphatic carbocycles. The lowest BCUT2D eigenvalue weighted by atomic mass is 9.79. The van der Waals surface area contributed by atoms with Crippen LogP contribution in [0.3, 0.4) is 0 Å². The Labute approximate surface area is 197 Å². The molecule has 0 radical (unpaired) electrons. The number of benzene rings is 2. The number of anilines is 1. The summed E-state index contributed by atoms with van der Waals surface area (Å²) in [5.74, 6) is -4.31. The summed E-state index contributed by atoms with van der Waals surface area (Å²) < 4.78 is 54.0. The first-order valence-electron chi connectivity index (χ1n) is 11.5. The van der Waals surface area contributed by atoms with E-state index in [-0.39, 0.29) is 31.3 Å². The summed E-state index contributed by atoms with van der Waals surface area (Å²) >= 11 is 0. The maximum Gasteiger partial charge on any atom is 0.329 e. The lowest BCUT2D eigenvalue weighted by Crippen LogP contribution is -2.51. The van der Waals surface area contributed by atoms with Crippen LogP contribution in [0.15, 0.2) is 24.3 Å². The molecule has 0 unspecified atom stereocenters. The third-order valence-electron chi connectivity index (χ3n) is 6.96. The molecule has 0 spiro atoms. The SMILES string of the molecule is COc1c(C)c(C)cc(-c2ccc(NC3(C(=O)O)CCC(F)(F)CC3)cc2COC2CC2)c1F. The number of methoxy groups -OCH3 is 1. The molecule has 2 fully saturated rings. The molecule has 2 aromatic carbocycles. The minimum Gasteiger partial charge on any atom is -0.493 e. The second-order valence-electron chi connectivity index (χ2n) is 9.46. The van der Waals surface area contributed by atoms with Gasteiger partial charge in [-0.05, 0) is 80.0 Å². The number of carboxylic acid groups (broad SMARTS) is 1. The molecular weight excluding hydrogens is 447 g/mol. The number of aliphatic carboxylic acids is 1. The fourth-order valence-corrected chi connectivity index (χ4v) is 4.50. The number of rotatable bonds is 8. The molecule has 5 nitrogen and oxygen atoms in total. The summed E-state index contributed by atoms with van der Waals surface area (Å²) in [5, 5.41) is 12.9. The Hall–Kier alpha value is -2.74. The minimum atomic E-state index is -2.85. The van der Waals surface area contributed by atoms with E-state index in [1.807, 2.05) is 6.92 Å². The predicted octanol–water partition coefficient (Wildman–Crippen LogP) is 6.24. The Bertz CT molecular complexity index is 1090. The van der Waals surface area contributed by atoms with E-state index in [0.717, 1.165) is 24.0 Å². The predicted molar refractivity (Wildman–Crippen MR) is 123 cm³/mol. The molecule has 2 aromatic rings. The van der Waals surface area contributed by atoms with Crippen molar-refractivity contribution < 1.29 is 32.5 Å². The molecule has 2 saturated carbocycles. The van der Waals surface area contributed by atoms with Gasteiger partial charge in [0.15, 0.2) is 11.6 Å². The zero-order valence-electron chi connectivity index (χ0n) is 19.6. The Morgan fingerprint density at radius 1 is 1.12 bits per heavy atom. The van der Waals surface area contributed by atoms with Gasteiger partial charge in [0.1, 0.15) is 5.54 Å². The lowest BCUT2D eigenvalue weighted by Gasteiger charge is -2.38. The van der Waals surface area contributed by atoms with Crippen LogP contribution in [0.5, 0.6) is 5.75 Å². The molecule has 0 heterocycles. The number of hydrogen-bond donors (Lipinski definition) is 2. The molecule has 0 bridgehead atoms. The van der Waals surface area contributed by atoms with Gasteiger partial charge in [0.25, 0.3) is 0 Å². The van der Waals surface area contributed by atoms with E-state index in [1.165, 1.54) is 7.11 Å². The monoisotopic (exact) mass is 477 g/mol. The second kappa shape index (κ2) is 9.13. The fourth-order valence-electron chi connectivity index (χ4n) is 4.50. The molecule has 34 heavy (non-hydrogen) atoms. The summed E-state index contributed by atoms with van der Waals surface area (Å²) in [7, 11) is 1.43. The first kappa shape index (κ1) is 24.4. The highest BCUT2D eigenvalue weighted by Crippen LogP contribution is 2.42. The molecule has 0 amide bonds. The van der Waals surface area contributed by atoms with Gasteiger partial charge in [-0.25, -0.2) is 18.0 Å². The van der Waals surface area contributed by atoms with Crippen molar-refractivity contribution in [1.29, 1.82) is 0 Å². The normalized spacial score (nSPS) is 19.0. The molecule has 184 valence electrons. The number of carbonyl (C=O) groups is 1. The molecule has 2 N–H and O–H groups in total. The first-order valence-corrected chi connectivity index (χ1v) is 11.5. The van der Waals surface area contributed by atoms with Crippen LogP contribution in [0.25, 0.3) is 11.1 Å². The summed E-state index contributed by atoms with van der Waals surface area (Å²) in [6, 6.07) is 6.87. The maximum absolute atomic E-state index is 15.4. The smallest absolute Gasteiger partial charge is 0.329 e. The highest BCUT2D eigenvalue weighted by atomic mass is 19.3. The van der Waals surface area contributed by atoms with Gasteiger partial charge in [-0.2, -0.15) is 0 Å². The van der Waals surface area contributed by atoms with Gasteiger partial charge < -0.3 is 19.9 Å². The maximum atomic E-state index is 15.4. The topological polar surface area (TPSA) is 67.8 Å². The van der Waals surface area contributed by atoms with Gasteiger partial charge in [-0.3, -0.25) is 0 Å². The van der Waals surface area contributed by atoms with Gasteiger partial charge in [-0.1, -0.05) is 6.07 Å². The highest BCUT2D eigenvalue weighted by Gasteiger charge is 2.48. The van der Waals surface area contributed by atoms with Crippen LogP contribution in [0.1, 0.15) is 55.2 Å². The largest absolute Gasteiger partial charge is 0.493 e. The Morgan fingerprint density at radius 2 is 1.79 bits per heavy atom. The molecular formula is C26H30F3NO4. The molecule has 0 aliphatic heterocycles. The fraction of sp³-hybridized carbons (Fsp3) is 0.500. The number of aryl methyl sites for hydroxylation is 1. The van der Waals surface area contributed by atoms with Crippen LogP contribution in [0.4, 0.5) is 18.9 Å². The van der Waals surface area contributed by atoms with E-state index in [0.29, 0.717) is 22.4 Å². The summed E-state index contributed by atoms with van der Waals surface area (Å²) in [6.45, 7) is 3.90. The number of hydrogen-bond acceptors (Lipinski definition) is 4. The number of halogens is 3. The summed E-state index contributed by atoms with van der Waals surface area (Å²) in [4.78, 5) is 12.1. The average Bonchev–Trinajstić information content (AvgIpc) is 3.62. The Morgan fingerprint density at radius 3 is 2.38 bits per heavy atom. The van der Waals surface area contributed by atoms with Crippen LogP contribution in [-0.4, -0.2) is 35.8 Å². The van der Waals surface area contributed by atoms with E-state index >= 15 is 4.39 Å². The van der Waals surface area contributed by atoms with Gasteiger partial charge in [-0.15, -0.1) is 0 Å². The minimum absolute atomic E-state index is 0.162. The molecule has 2 aliphatic rings. The summed E-state index contributed by atoms with van der Waals surface area (Å²) in [5.41, 5.74) is 2.25. The third-order valence-corrected chi connectivity index (χ3v) is 6.96. The van der Waals surface area contributed by atoms with E-state index in [2.05, 4.69) is 5.32 Å². The third kappa shape index (κ3) is 4.87. The van der Waals surface area contributed by atoms with Crippen molar-refractivity contribution in [3.05, 3.63) is 46.8 Å². The number of alkyl halides is 2. The molecule has 0 atom stereocenters. The summed E-state index contributed by atoms with van der Waals surface area (Å²) in [6.07, 6.45) is 0.743. The zero-order chi connectivity index (χ0) is 24.7. The van der Waals surface area contributed by atoms with E-state index < -0.39 is 36.1 Å². The van der Waals surface area contributed by atoms with Gasteiger partial charge in [0.2, 0.25) is 5.92 Å². The molecule has 8 heteroatoms. The van der Waals surface area contributed by atoms with E-state index in [4.69, 9.17) is 9.47 Å². The molecule has 0 aromatic heterocycles. The number of nitrogens with one attached hydrogen (secondary N) is 1. The van der Waals surface area contributed by atoms with E-state index in [1.54, 1.807) is 31.2 Å². The number of carboxylic acids is 1. The highest BCUT2D eigenvalue weighted by molar-refractivity contribution is 5.83.